The predicted molar refractivity (Wildman–Crippen MR) is 73.1 cm³/mol. The Morgan fingerprint density at radius 3 is 2.80 bits per heavy atom. The quantitative estimate of drug-likeness (QED) is 0.898. The number of aromatic hydroxyl groups is 1. The molecule has 0 spiro atoms. The number of phenolic OH excluding ortho intramolecular Hbond substituents is 1. The second-order valence-corrected chi connectivity index (χ2v) is 4.13. The summed E-state index contributed by atoms with van der Waals surface area (Å²) in [5.41, 5.74) is 1.18. The number of ether oxygens (including phenoxy) is 1. The van der Waals surface area contributed by atoms with Gasteiger partial charge in [-0.05, 0) is 29.8 Å². The number of rotatable bonds is 4. The number of anilines is 1. The van der Waals surface area contributed by atoms with E-state index in [1.807, 2.05) is 6.07 Å². The molecule has 20 heavy (non-hydrogen) atoms. The van der Waals surface area contributed by atoms with Crippen molar-refractivity contribution in [3.63, 3.8) is 0 Å². The maximum atomic E-state index is 13.4. The standard InChI is InChI=1S/C15H13FN2O2/c1-20-15-6-5-10(7-14(15)19)9-18-13-4-2-3-12(16)11(13)8-17/h2-7,18-19H,9H2,1H3. The van der Waals surface area contributed by atoms with Gasteiger partial charge in [0, 0.05) is 6.54 Å². The highest BCUT2D eigenvalue weighted by atomic mass is 19.1. The van der Waals surface area contributed by atoms with Crippen molar-refractivity contribution in [2.75, 3.05) is 12.4 Å². The molecule has 2 N–H and O–H groups in total. The molecule has 0 bridgehead atoms. The van der Waals surface area contributed by atoms with Gasteiger partial charge in [0.25, 0.3) is 0 Å². The number of halogens is 1. The topological polar surface area (TPSA) is 65.3 Å². The summed E-state index contributed by atoms with van der Waals surface area (Å²) in [7, 11) is 1.47. The number of methoxy groups -OCH3 is 1. The van der Waals surface area contributed by atoms with Crippen LogP contribution in [0.1, 0.15) is 11.1 Å². The number of hydrogen-bond donors (Lipinski definition) is 2. The van der Waals surface area contributed by atoms with E-state index in [0.717, 1.165) is 5.56 Å². The van der Waals surface area contributed by atoms with Crippen molar-refractivity contribution >= 4 is 5.69 Å². The molecular weight excluding hydrogens is 259 g/mol. The van der Waals surface area contributed by atoms with Crippen molar-refractivity contribution in [3.05, 3.63) is 53.3 Å². The summed E-state index contributed by atoms with van der Waals surface area (Å²) in [4.78, 5) is 0. The van der Waals surface area contributed by atoms with Gasteiger partial charge in [0.15, 0.2) is 11.5 Å². The first-order chi connectivity index (χ1) is 9.65. The van der Waals surface area contributed by atoms with E-state index in [-0.39, 0.29) is 11.3 Å². The summed E-state index contributed by atoms with van der Waals surface area (Å²) in [6.07, 6.45) is 0. The molecule has 2 rings (SSSR count). The average Bonchev–Trinajstić information content (AvgIpc) is 2.45. The Morgan fingerprint density at radius 1 is 1.35 bits per heavy atom. The van der Waals surface area contributed by atoms with Crippen LogP contribution >= 0.6 is 0 Å². The monoisotopic (exact) mass is 272 g/mol. The summed E-state index contributed by atoms with van der Waals surface area (Å²) in [5, 5.41) is 21.6. The lowest BCUT2D eigenvalue weighted by Crippen LogP contribution is -2.02. The molecule has 0 heterocycles. The van der Waals surface area contributed by atoms with E-state index in [2.05, 4.69) is 5.32 Å². The minimum Gasteiger partial charge on any atom is -0.504 e. The Morgan fingerprint density at radius 2 is 2.15 bits per heavy atom. The zero-order valence-corrected chi connectivity index (χ0v) is 10.9. The van der Waals surface area contributed by atoms with Crippen LogP contribution in [-0.2, 0) is 6.54 Å². The van der Waals surface area contributed by atoms with E-state index in [1.165, 1.54) is 19.2 Å². The van der Waals surface area contributed by atoms with Gasteiger partial charge in [0.05, 0.1) is 12.8 Å². The maximum Gasteiger partial charge on any atom is 0.160 e. The van der Waals surface area contributed by atoms with Gasteiger partial charge in [-0.3, -0.25) is 0 Å². The van der Waals surface area contributed by atoms with E-state index in [9.17, 15) is 9.50 Å². The molecule has 0 fully saturated rings. The molecule has 0 saturated carbocycles. The van der Waals surface area contributed by atoms with Gasteiger partial charge < -0.3 is 15.2 Å². The second kappa shape index (κ2) is 5.93. The number of hydrogen-bond acceptors (Lipinski definition) is 4. The third-order valence-electron chi connectivity index (χ3n) is 2.85. The zero-order valence-electron chi connectivity index (χ0n) is 10.9. The van der Waals surface area contributed by atoms with Crippen molar-refractivity contribution in [2.45, 2.75) is 6.54 Å². The summed E-state index contributed by atoms with van der Waals surface area (Å²) in [5.74, 6) is -0.140. The molecule has 0 aliphatic heterocycles. The first-order valence-electron chi connectivity index (χ1n) is 5.94. The van der Waals surface area contributed by atoms with Crippen LogP contribution in [0.5, 0.6) is 11.5 Å². The minimum absolute atomic E-state index is 0.0229. The van der Waals surface area contributed by atoms with Crippen molar-refractivity contribution in [2.24, 2.45) is 0 Å². The van der Waals surface area contributed by atoms with E-state index in [0.29, 0.717) is 18.0 Å². The fourth-order valence-electron chi connectivity index (χ4n) is 1.83. The molecular formula is C15H13FN2O2. The predicted octanol–water partition coefficient (Wildman–Crippen LogP) is 3.02. The molecule has 4 nitrogen and oxygen atoms in total. The van der Waals surface area contributed by atoms with E-state index >= 15 is 0 Å². The highest BCUT2D eigenvalue weighted by molar-refractivity contribution is 5.58. The van der Waals surface area contributed by atoms with E-state index < -0.39 is 5.82 Å². The highest BCUT2D eigenvalue weighted by Crippen LogP contribution is 2.27. The zero-order chi connectivity index (χ0) is 14.5. The van der Waals surface area contributed by atoms with Crippen LogP contribution in [0.15, 0.2) is 36.4 Å². The number of benzene rings is 2. The lowest BCUT2D eigenvalue weighted by molar-refractivity contribution is 0.373. The van der Waals surface area contributed by atoms with Gasteiger partial charge in [-0.25, -0.2) is 4.39 Å². The highest BCUT2D eigenvalue weighted by Gasteiger charge is 2.08. The van der Waals surface area contributed by atoms with Gasteiger partial charge in [-0.1, -0.05) is 12.1 Å². The smallest absolute Gasteiger partial charge is 0.160 e. The summed E-state index contributed by atoms with van der Waals surface area (Å²) < 4.78 is 18.4. The Kier molecular flexibility index (Phi) is 4.06. The fraction of sp³-hybridized carbons (Fsp3) is 0.133. The number of nitriles is 1. The lowest BCUT2D eigenvalue weighted by atomic mass is 10.1. The first kappa shape index (κ1) is 13.7. The molecule has 0 atom stereocenters. The molecule has 102 valence electrons. The SMILES string of the molecule is COc1ccc(CNc2cccc(F)c2C#N)cc1O. The Labute approximate surface area is 116 Å². The van der Waals surface area contributed by atoms with Gasteiger partial charge in [0.2, 0.25) is 0 Å². The van der Waals surface area contributed by atoms with Crippen molar-refractivity contribution in [1.29, 1.82) is 5.26 Å². The van der Waals surface area contributed by atoms with Crippen LogP contribution in [0, 0.1) is 17.1 Å². The molecule has 0 aliphatic carbocycles. The van der Waals surface area contributed by atoms with Crippen molar-refractivity contribution in [1.82, 2.24) is 0 Å². The van der Waals surface area contributed by atoms with Crippen molar-refractivity contribution in [3.8, 4) is 17.6 Å². The van der Waals surface area contributed by atoms with Gasteiger partial charge >= 0.3 is 0 Å². The Bertz CT molecular complexity index is 665. The first-order valence-corrected chi connectivity index (χ1v) is 5.94. The van der Waals surface area contributed by atoms with Crippen molar-refractivity contribution < 1.29 is 14.2 Å². The minimum atomic E-state index is -0.560. The van der Waals surface area contributed by atoms with Crippen LogP contribution in [0.2, 0.25) is 0 Å². The third kappa shape index (κ3) is 2.81. The van der Waals surface area contributed by atoms with Crippen LogP contribution in [0.4, 0.5) is 10.1 Å². The normalized spacial score (nSPS) is 9.85. The summed E-state index contributed by atoms with van der Waals surface area (Å²) in [6.45, 7) is 0.357. The van der Waals surface area contributed by atoms with Gasteiger partial charge in [0.1, 0.15) is 17.4 Å². The van der Waals surface area contributed by atoms with Gasteiger partial charge in [-0.15, -0.1) is 0 Å². The number of nitrogens with one attached hydrogen (secondary N) is 1. The number of nitrogens with zero attached hydrogens (tertiary/aromatic N) is 1. The molecule has 0 aromatic heterocycles. The van der Waals surface area contributed by atoms with Gasteiger partial charge in [-0.2, -0.15) is 5.26 Å². The van der Waals surface area contributed by atoms with E-state index in [1.54, 1.807) is 24.3 Å². The molecule has 0 saturated heterocycles. The molecule has 0 unspecified atom stereocenters. The molecule has 5 heteroatoms. The summed E-state index contributed by atoms with van der Waals surface area (Å²) in [6, 6.07) is 11.2. The Balaban J connectivity index is 2.15. The second-order valence-electron chi connectivity index (χ2n) is 4.13. The molecule has 0 radical (unpaired) electrons. The molecule has 2 aromatic rings. The lowest BCUT2D eigenvalue weighted by Gasteiger charge is -2.10. The Hall–Kier alpha value is -2.74. The fourth-order valence-corrected chi connectivity index (χ4v) is 1.83. The third-order valence-corrected chi connectivity index (χ3v) is 2.85. The van der Waals surface area contributed by atoms with Crippen LogP contribution in [0.3, 0.4) is 0 Å². The maximum absolute atomic E-state index is 13.4. The van der Waals surface area contributed by atoms with Crippen LogP contribution in [-0.4, -0.2) is 12.2 Å². The molecule has 0 aliphatic rings. The average molecular weight is 272 g/mol. The van der Waals surface area contributed by atoms with E-state index in [4.69, 9.17) is 10.00 Å². The molecule has 0 amide bonds. The van der Waals surface area contributed by atoms with Crippen LogP contribution < -0.4 is 10.1 Å². The number of phenols is 1. The molecule has 2 aromatic carbocycles. The largest absolute Gasteiger partial charge is 0.504 e. The summed E-state index contributed by atoms with van der Waals surface area (Å²) >= 11 is 0. The van der Waals surface area contributed by atoms with Crippen LogP contribution in [0.25, 0.3) is 0 Å².